The van der Waals surface area contributed by atoms with Crippen LogP contribution < -0.4 is 10.0 Å². The van der Waals surface area contributed by atoms with Crippen LogP contribution in [0.4, 0.5) is 5.69 Å². The van der Waals surface area contributed by atoms with Crippen molar-refractivity contribution < 1.29 is 13.2 Å². The molecule has 2 rings (SSSR count). The molecule has 2 N–H and O–H groups in total. The predicted molar refractivity (Wildman–Crippen MR) is 88.9 cm³/mol. The highest BCUT2D eigenvalue weighted by Gasteiger charge is 2.18. The van der Waals surface area contributed by atoms with Crippen molar-refractivity contribution in [2.45, 2.75) is 25.2 Å². The number of benzene rings is 1. The van der Waals surface area contributed by atoms with E-state index in [0.29, 0.717) is 17.8 Å². The lowest BCUT2D eigenvalue weighted by Gasteiger charge is -2.06. The topological polar surface area (TPSA) is 75.3 Å². The average Bonchev–Trinajstić information content (AvgIpc) is 2.98. The molecule has 0 fully saturated rings. The summed E-state index contributed by atoms with van der Waals surface area (Å²) in [6, 6.07) is 8.83. The number of para-hydroxylation sites is 1. The van der Waals surface area contributed by atoms with Crippen LogP contribution in [0.25, 0.3) is 0 Å². The molecule has 1 aromatic carbocycles. The van der Waals surface area contributed by atoms with Crippen molar-refractivity contribution in [3.8, 4) is 0 Å². The molecule has 0 atom stereocenters. The summed E-state index contributed by atoms with van der Waals surface area (Å²) in [7, 11) is -3.54. The van der Waals surface area contributed by atoms with E-state index in [1.54, 1.807) is 6.07 Å². The Hall–Kier alpha value is -1.70. The molecular formula is C15H18N2O3S2. The first-order chi connectivity index (χ1) is 10.4. The SMILES string of the molecule is CCCNS(=O)(=O)c1csc(C(=O)Nc2ccccc2C)c1. The number of thiophene rings is 1. The highest BCUT2D eigenvalue weighted by Crippen LogP contribution is 2.21. The van der Waals surface area contributed by atoms with Crippen molar-refractivity contribution >= 4 is 33.0 Å². The second-order valence-corrected chi connectivity index (χ2v) is 7.49. The molecule has 0 unspecified atom stereocenters. The van der Waals surface area contributed by atoms with Crippen LogP contribution in [0.3, 0.4) is 0 Å². The lowest BCUT2D eigenvalue weighted by molar-refractivity contribution is 0.103. The quantitative estimate of drug-likeness (QED) is 0.850. The van der Waals surface area contributed by atoms with Gasteiger partial charge in [-0.25, -0.2) is 13.1 Å². The van der Waals surface area contributed by atoms with E-state index in [4.69, 9.17) is 0 Å². The van der Waals surface area contributed by atoms with Crippen molar-refractivity contribution in [3.63, 3.8) is 0 Å². The van der Waals surface area contributed by atoms with E-state index in [-0.39, 0.29) is 10.8 Å². The molecule has 0 spiro atoms. The Morgan fingerprint density at radius 1 is 1.27 bits per heavy atom. The zero-order chi connectivity index (χ0) is 16.2. The molecule has 0 aliphatic rings. The van der Waals surface area contributed by atoms with Gasteiger partial charge in [0.05, 0.1) is 9.77 Å². The van der Waals surface area contributed by atoms with E-state index in [2.05, 4.69) is 10.0 Å². The number of rotatable bonds is 6. The van der Waals surface area contributed by atoms with Gasteiger partial charge < -0.3 is 5.32 Å². The molecule has 0 aliphatic carbocycles. The van der Waals surface area contributed by atoms with Gasteiger partial charge in [0.15, 0.2) is 0 Å². The molecule has 0 bridgehead atoms. The van der Waals surface area contributed by atoms with Gasteiger partial charge in [-0.05, 0) is 31.0 Å². The summed E-state index contributed by atoms with van der Waals surface area (Å²) in [5.41, 5.74) is 1.67. The van der Waals surface area contributed by atoms with Gasteiger partial charge in [-0.1, -0.05) is 25.1 Å². The van der Waals surface area contributed by atoms with Crippen LogP contribution in [0.1, 0.15) is 28.6 Å². The van der Waals surface area contributed by atoms with Crippen LogP contribution >= 0.6 is 11.3 Å². The first-order valence-corrected chi connectivity index (χ1v) is 9.25. The minimum atomic E-state index is -3.54. The Labute approximate surface area is 134 Å². The molecule has 118 valence electrons. The van der Waals surface area contributed by atoms with Gasteiger partial charge in [0.25, 0.3) is 5.91 Å². The molecule has 0 radical (unpaired) electrons. The van der Waals surface area contributed by atoms with Crippen molar-refractivity contribution in [3.05, 3.63) is 46.2 Å². The van der Waals surface area contributed by atoms with Gasteiger partial charge in [-0.3, -0.25) is 4.79 Å². The molecule has 0 saturated heterocycles. The number of sulfonamides is 1. The number of anilines is 1. The lowest BCUT2D eigenvalue weighted by Crippen LogP contribution is -2.24. The fraction of sp³-hybridized carbons (Fsp3) is 0.267. The Morgan fingerprint density at radius 2 is 2.00 bits per heavy atom. The summed E-state index contributed by atoms with van der Waals surface area (Å²) in [6.07, 6.45) is 0.712. The fourth-order valence-electron chi connectivity index (χ4n) is 1.80. The lowest BCUT2D eigenvalue weighted by atomic mass is 10.2. The Morgan fingerprint density at radius 3 is 2.68 bits per heavy atom. The Bertz CT molecular complexity index is 767. The second-order valence-electron chi connectivity index (χ2n) is 4.81. The molecular weight excluding hydrogens is 320 g/mol. The van der Waals surface area contributed by atoms with Crippen LogP contribution in [0.15, 0.2) is 40.6 Å². The van der Waals surface area contributed by atoms with Crippen molar-refractivity contribution in [1.82, 2.24) is 4.72 Å². The van der Waals surface area contributed by atoms with E-state index in [9.17, 15) is 13.2 Å². The van der Waals surface area contributed by atoms with E-state index in [1.165, 1.54) is 11.4 Å². The zero-order valence-electron chi connectivity index (χ0n) is 12.4. The molecule has 7 heteroatoms. The summed E-state index contributed by atoms with van der Waals surface area (Å²) in [5, 5.41) is 4.27. The maximum atomic E-state index is 12.2. The monoisotopic (exact) mass is 338 g/mol. The molecule has 0 aliphatic heterocycles. The summed E-state index contributed by atoms with van der Waals surface area (Å²) in [5.74, 6) is -0.309. The Kier molecular flexibility index (Phi) is 5.33. The van der Waals surface area contributed by atoms with Crippen LogP contribution in [-0.2, 0) is 10.0 Å². The van der Waals surface area contributed by atoms with Crippen molar-refractivity contribution in [1.29, 1.82) is 0 Å². The van der Waals surface area contributed by atoms with Gasteiger partial charge in [-0.2, -0.15) is 0 Å². The number of amides is 1. The number of carbonyl (C=O) groups excluding carboxylic acids is 1. The fourth-order valence-corrected chi connectivity index (χ4v) is 4.10. The summed E-state index contributed by atoms with van der Waals surface area (Å²) < 4.78 is 26.5. The highest BCUT2D eigenvalue weighted by atomic mass is 32.2. The molecule has 0 saturated carbocycles. The van der Waals surface area contributed by atoms with E-state index in [1.807, 2.05) is 32.0 Å². The van der Waals surface area contributed by atoms with E-state index < -0.39 is 10.0 Å². The zero-order valence-corrected chi connectivity index (χ0v) is 14.1. The maximum Gasteiger partial charge on any atom is 0.265 e. The maximum absolute atomic E-state index is 12.2. The van der Waals surface area contributed by atoms with Crippen LogP contribution in [0, 0.1) is 6.92 Å². The second kappa shape index (κ2) is 7.04. The Balaban J connectivity index is 2.14. The van der Waals surface area contributed by atoms with Crippen molar-refractivity contribution in [2.24, 2.45) is 0 Å². The molecule has 5 nitrogen and oxygen atoms in total. The third-order valence-electron chi connectivity index (χ3n) is 3.04. The van der Waals surface area contributed by atoms with E-state index >= 15 is 0 Å². The first-order valence-electron chi connectivity index (χ1n) is 6.89. The summed E-state index contributed by atoms with van der Waals surface area (Å²) in [6.45, 7) is 4.16. The van der Waals surface area contributed by atoms with Crippen molar-refractivity contribution in [2.75, 3.05) is 11.9 Å². The molecule has 1 heterocycles. The molecule has 2 aromatic rings. The number of hydrogen-bond donors (Lipinski definition) is 2. The van der Waals surface area contributed by atoms with E-state index in [0.717, 1.165) is 22.6 Å². The largest absolute Gasteiger partial charge is 0.321 e. The smallest absolute Gasteiger partial charge is 0.265 e. The van der Waals surface area contributed by atoms with Crippen LogP contribution in [-0.4, -0.2) is 20.9 Å². The van der Waals surface area contributed by atoms with Crippen LogP contribution in [0.5, 0.6) is 0 Å². The molecule has 22 heavy (non-hydrogen) atoms. The third-order valence-corrected chi connectivity index (χ3v) is 5.56. The number of nitrogens with one attached hydrogen (secondary N) is 2. The highest BCUT2D eigenvalue weighted by molar-refractivity contribution is 7.89. The average molecular weight is 338 g/mol. The first kappa shape index (κ1) is 16.7. The summed E-state index contributed by atoms with van der Waals surface area (Å²) >= 11 is 1.11. The van der Waals surface area contributed by atoms with Gasteiger partial charge in [0, 0.05) is 17.6 Å². The minimum absolute atomic E-state index is 0.126. The van der Waals surface area contributed by atoms with Crippen LogP contribution in [0.2, 0.25) is 0 Å². The standard InChI is InChI=1S/C15H18N2O3S2/c1-3-8-16-22(19,20)12-9-14(21-10-12)15(18)17-13-7-5-4-6-11(13)2/h4-7,9-10,16H,3,8H2,1-2H3,(H,17,18). The predicted octanol–water partition coefficient (Wildman–Crippen LogP) is 3.00. The van der Waals surface area contributed by atoms with Gasteiger partial charge in [0.1, 0.15) is 0 Å². The third kappa shape index (κ3) is 3.94. The van der Waals surface area contributed by atoms with Gasteiger partial charge in [0.2, 0.25) is 10.0 Å². The van der Waals surface area contributed by atoms with Gasteiger partial charge in [-0.15, -0.1) is 11.3 Å². The molecule has 1 aromatic heterocycles. The number of hydrogen-bond acceptors (Lipinski definition) is 4. The van der Waals surface area contributed by atoms with Gasteiger partial charge >= 0.3 is 0 Å². The summed E-state index contributed by atoms with van der Waals surface area (Å²) in [4.78, 5) is 12.7. The number of carbonyl (C=O) groups is 1. The minimum Gasteiger partial charge on any atom is -0.321 e. The number of aryl methyl sites for hydroxylation is 1. The normalized spacial score (nSPS) is 11.4. The molecule has 1 amide bonds.